The molecule has 0 aliphatic rings. The van der Waals surface area contributed by atoms with Gasteiger partial charge in [0.2, 0.25) is 0 Å². The number of hydrogen-bond acceptors (Lipinski definition) is 2. The zero-order valence-corrected chi connectivity index (χ0v) is 5.17. The van der Waals surface area contributed by atoms with Gasteiger partial charge in [0.1, 0.15) is 0 Å². The highest BCUT2D eigenvalue weighted by Crippen LogP contribution is 2.07. The summed E-state index contributed by atoms with van der Waals surface area (Å²) in [6, 6.07) is 0. The maximum Gasteiger partial charge on any atom is 0.278 e. The first-order valence-electron chi connectivity index (χ1n) is 0.729. The van der Waals surface area contributed by atoms with Crippen molar-refractivity contribution >= 4 is 38.5 Å². The van der Waals surface area contributed by atoms with E-state index < -0.39 is 0 Å². The van der Waals surface area contributed by atoms with Gasteiger partial charge in [-0.25, -0.2) is 0 Å². The molecule has 0 amide bonds. The lowest BCUT2D eigenvalue weighted by Crippen LogP contribution is -1.52. The Morgan fingerprint density at radius 1 is 2.00 bits per heavy atom. The molecule has 0 saturated heterocycles. The normalized spacial score (nSPS) is 7.25. The van der Waals surface area contributed by atoms with E-state index in [1.165, 1.54) is 9.21 Å². The summed E-state index contributed by atoms with van der Waals surface area (Å²) in [5.41, 5.74) is 0. The van der Waals surface area contributed by atoms with Crippen molar-refractivity contribution in [2.45, 2.75) is 0 Å². The van der Waals surface area contributed by atoms with Gasteiger partial charge in [-0.05, 0) is 0 Å². The molecule has 24 valence electrons. The lowest BCUT2D eigenvalue weighted by atomic mass is 10.6. The fraction of sp³-hybridized carbons (Fsp3) is 0. The highest BCUT2D eigenvalue weighted by Gasteiger charge is 1.56. The van der Waals surface area contributed by atoms with Crippen LogP contribution in [0.25, 0.3) is 0 Å². The predicted octanol–water partition coefficient (Wildman–Crippen LogP) is 0.549. The summed E-state index contributed by atoms with van der Waals surface area (Å²) in [4.78, 5) is 0. The molecule has 0 rings (SSSR count). The van der Waals surface area contributed by atoms with Crippen LogP contribution >= 0.6 is 30.4 Å². The number of halogens is 1. The second-order valence-corrected chi connectivity index (χ2v) is 1.77. The molecule has 0 aromatic rings. The van der Waals surface area contributed by atoms with Crippen LogP contribution in [0.3, 0.4) is 0 Å². The fourth-order valence-electron chi connectivity index (χ4n) is 0. The molecule has 0 aliphatic heterocycles. The van der Waals surface area contributed by atoms with Crippen molar-refractivity contribution in [3.8, 4) is 0 Å². The summed E-state index contributed by atoms with van der Waals surface area (Å²) in [6.07, 6.45) is 0. The van der Waals surface area contributed by atoms with Crippen LogP contribution in [0.15, 0.2) is 0 Å². The van der Waals surface area contributed by atoms with Crippen molar-refractivity contribution in [1.82, 2.24) is 0 Å². The molecule has 4 heteroatoms. The van der Waals surface area contributed by atoms with Crippen molar-refractivity contribution in [2.75, 3.05) is 0 Å². The molecule has 0 aromatic heterocycles. The molecule has 0 bridgehead atoms. The van der Waals surface area contributed by atoms with E-state index in [1.807, 2.05) is 21.2 Å². The van der Waals surface area contributed by atoms with Crippen LogP contribution in [0.2, 0.25) is 0 Å². The summed E-state index contributed by atoms with van der Waals surface area (Å²) >= 11 is 2.05. The second kappa shape index (κ2) is 4.10. The Kier molecular flexibility index (Phi) is 5.24. The van der Waals surface area contributed by atoms with Gasteiger partial charge in [0.15, 0.2) is 0 Å². The third-order valence-electron chi connectivity index (χ3n) is 0.0630. The van der Waals surface area contributed by atoms with E-state index in [2.05, 4.69) is 4.10 Å². The molecule has 0 aromatic carbocycles. The molecule has 0 N–H and O–H groups in total. The second-order valence-electron chi connectivity index (χ2n) is 0.230. The van der Waals surface area contributed by atoms with E-state index in [0.29, 0.717) is 0 Å². The lowest BCUT2D eigenvalue weighted by Gasteiger charge is -1.72. The Bertz CT molecular complexity index is 10.0. The largest absolute Gasteiger partial charge is 0.378 e. The average molecular weight is 188 g/mol. The van der Waals surface area contributed by atoms with Crippen molar-refractivity contribution < 1.29 is 4.10 Å². The highest BCUT2D eigenvalue weighted by molar-refractivity contribution is 14.2. The summed E-state index contributed by atoms with van der Waals surface area (Å²) in [5.74, 6) is 0. The van der Waals surface area contributed by atoms with E-state index in [-0.39, 0.29) is 0 Å². The zero-order chi connectivity index (χ0) is 3.41. The summed E-state index contributed by atoms with van der Waals surface area (Å²) in [5, 5.41) is 0. The SMILES string of the molecule is BOSI. The molecular formula is H2BIOS. The van der Waals surface area contributed by atoms with Crippen LogP contribution in [0.1, 0.15) is 0 Å². The maximum atomic E-state index is 4.44. The predicted molar refractivity (Wildman–Crippen MR) is 31.2 cm³/mol. The zero-order valence-electron chi connectivity index (χ0n) is 2.19. The van der Waals surface area contributed by atoms with Gasteiger partial charge in [0, 0.05) is 30.4 Å². The molecule has 0 atom stereocenters. The first-order valence-corrected chi connectivity index (χ1v) is 4.01. The summed E-state index contributed by atoms with van der Waals surface area (Å²) < 4.78 is 4.44. The molecule has 0 radical (unpaired) electrons. The van der Waals surface area contributed by atoms with Gasteiger partial charge in [-0.1, -0.05) is 0 Å². The van der Waals surface area contributed by atoms with E-state index in [4.69, 9.17) is 0 Å². The first-order chi connectivity index (χ1) is 1.91. The Hall–Kier alpha value is 1.10. The van der Waals surface area contributed by atoms with Crippen molar-refractivity contribution in [1.29, 1.82) is 0 Å². The van der Waals surface area contributed by atoms with Gasteiger partial charge in [-0.15, -0.1) is 0 Å². The van der Waals surface area contributed by atoms with E-state index in [1.54, 1.807) is 8.05 Å². The van der Waals surface area contributed by atoms with Gasteiger partial charge in [-0.2, -0.15) is 0 Å². The Balaban J connectivity index is 1.97. The van der Waals surface area contributed by atoms with Gasteiger partial charge < -0.3 is 4.10 Å². The van der Waals surface area contributed by atoms with Crippen LogP contribution < -0.4 is 0 Å². The van der Waals surface area contributed by atoms with Gasteiger partial charge >= 0.3 is 0 Å². The minimum atomic E-state index is 1.33. The number of hydrogen-bond donors (Lipinski definition) is 0. The topological polar surface area (TPSA) is 9.23 Å². The van der Waals surface area contributed by atoms with E-state index in [9.17, 15) is 0 Å². The molecule has 0 spiro atoms. The third-order valence-corrected chi connectivity index (χ3v) is 1.27. The van der Waals surface area contributed by atoms with Crippen molar-refractivity contribution in [3.05, 3.63) is 0 Å². The van der Waals surface area contributed by atoms with Crippen LogP contribution in [0.4, 0.5) is 0 Å². The van der Waals surface area contributed by atoms with E-state index in [0.717, 1.165) is 0 Å². The Morgan fingerprint density at radius 2 is 2.25 bits per heavy atom. The standard InChI is InChI=1S/BH2IOS/c1-3-4-2/h1H2. The third kappa shape index (κ3) is 3.10. The summed E-state index contributed by atoms with van der Waals surface area (Å²) in [6.45, 7) is 0. The molecule has 1 nitrogen and oxygen atoms in total. The number of rotatable bonds is 1. The smallest absolute Gasteiger partial charge is 0.278 e. The molecule has 0 aliphatic carbocycles. The van der Waals surface area contributed by atoms with Crippen molar-refractivity contribution in [3.63, 3.8) is 0 Å². The molecule has 0 heterocycles. The van der Waals surface area contributed by atoms with Gasteiger partial charge in [0.25, 0.3) is 8.05 Å². The first kappa shape index (κ1) is 5.10. The van der Waals surface area contributed by atoms with Crippen molar-refractivity contribution in [2.24, 2.45) is 0 Å². The molecule has 0 fully saturated rings. The highest BCUT2D eigenvalue weighted by atomic mass is 127. The van der Waals surface area contributed by atoms with Crippen LogP contribution in [-0.4, -0.2) is 8.05 Å². The van der Waals surface area contributed by atoms with E-state index >= 15 is 0 Å². The Morgan fingerprint density at radius 3 is 2.25 bits per heavy atom. The molecule has 0 unspecified atom stereocenters. The van der Waals surface area contributed by atoms with Gasteiger partial charge in [-0.3, -0.25) is 0 Å². The minimum Gasteiger partial charge on any atom is -0.378 e. The quantitative estimate of drug-likeness (QED) is 0.337. The van der Waals surface area contributed by atoms with Crippen LogP contribution in [0.5, 0.6) is 0 Å². The molecule has 0 saturated carbocycles. The minimum absolute atomic E-state index is 1.33. The average Bonchev–Trinajstić information content (AvgIpc) is 1.37. The van der Waals surface area contributed by atoms with Crippen LogP contribution in [-0.2, 0) is 4.10 Å². The fourth-order valence-corrected chi connectivity index (χ4v) is 0. The summed E-state index contributed by atoms with van der Waals surface area (Å²) in [7, 11) is 2.96. The molecular weight excluding hydrogens is 186 g/mol. The molecule has 4 heavy (non-hydrogen) atoms. The Labute approximate surface area is 42.7 Å². The monoisotopic (exact) mass is 188 g/mol. The maximum absolute atomic E-state index is 4.44. The van der Waals surface area contributed by atoms with Gasteiger partial charge in [0.05, 0.1) is 0 Å². The van der Waals surface area contributed by atoms with Crippen LogP contribution in [0, 0.1) is 0 Å². The lowest BCUT2D eigenvalue weighted by molar-refractivity contribution is 0.738.